The Bertz CT molecular complexity index is 728. The molecule has 0 unspecified atom stereocenters. The van der Waals surface area contributed by atoms with Crippen LogP contribution in [0.4, 0.5) is 0 Å². The Morgan fingerprint density at radius 2 is 2.14 bits per heavy atom. The third-order valence-corrected chi connectivity index (χ3v) is 3.85. The van der Waals surface area contributed by atoms with Gasteiger partial charge >= 0.3 is 0 Å². The number of aromatic amines is 1. The topological polar surface area (TPSA) is 79.3 Å². The first kappa shape index (κ1) is 16.3. The van der Waals surface area contributed by atoms with Crippen LogP contribution in [0.5, 0.6) is 0 Å². The van der Waals surface area contributed by atoms with Crippen LogP contribution in [0.3, 0.4) is 0 Å². The highest BCUT2D eigenvalue weighted by Gasteiger charge is 2.12. The molecule has 22 heavy (non-hydrogen) atoms. The van der Waals surface area contributed by atoms with Gasteiger partial charge in [0, 0.05) is 30.4 Å². The number of hydrogen-bond acceptors (Lipinski definition) is 3. The largest absolute Gasteiger partial charge is 0.356 e. The van der Waals surface area contributed by atoms with Crippen molar-refractivity contribution in [2.45, 2.75) is 47.0 Å². The Kier molecular flexibility index (Phi) is 5.00. The van der Waals surface area contributed by atoms with Crippen LogP contribution >= 0.6 is 0 Å². The van der Waals surface area contributed by atoms with Gasteiger partial charge < -0.3 is 5.32 Å². The van der Waals surface area contributed by atoms with E-state index in [1.807, 2.05) is 13.8 Å². The van der Waals surface area contributed by atoms with Gasteiger partial charge in [0.15, 0.2) is 5.65 Å². The van der Waals surface area contributed by atoms with Crippen molar-refractivity contribution >= 4 is 11.6 Å². The molecule has 0 saturated carbocycles. The molecule has 0 saturated heterocycles. The number of nitrogens with one attached hydrogen (secondary N) is 2. The lowest BCUT2D eigenvalue weighted by atomic mass is 10.1. The molecule has 2 heterocycles. The average Bonchev–Trinajstić information content (AvgIpc) is 2.78. The van der Waals surface area contributed by atoms with E-state index in [2.05, 4.69) is 29.2 Å². The summed E-state index contributed by atoms with van der Waals surface area (Å²) in [6.45, 7) is 8.84. The predicted molar refractivity (Wildman–Crippen MR) is 86.1 cm³/mol. The smallest absolute Gasteiger partial charge is 0.266 e. The zero-order valence-electron chi connectivity index (χ0n) is 13.7. The number of carbonyl (C=O) groups is 1. The fourth-order valence-corrected chi connectivity index (χ4v) is 2.54. The first-order valence-corrected chi connectivity index (χ1v) is 7.73. The second-order valence-electron chi connectivity index (χ2n) is 6.11. The van der Waals surface area contributed by atoms with Gasteiger partial charge in [-0.1, -0.05) is 13.8 Å². The van der Waals surface area contributed by atoms with Crippen LogP contribution in [0.15, 0.2) is 10.9 Å². The molecule has 0 aliphatic carbocycles. The van der Waals surface area contributed by atoms with E-state index >= 15 is 0 Å². The van der Waals surface area contributed by atoms with Crippen molar-refractivity contribution in [1.29, 1.82) is 0 Å². The van der Waals surface area contributed by atoms with E-state index in [0.29, 0.717) is 24.4 Å². The average molecular weight is 304 g/mol. The molecular weight excluding hydrogens is 280 g/mol. The number of H-pyrrole nitrogens is 1. The Morgan fingerprint density at radius 1 is 1.41 bits per heavy atom. The number of amides is 1. The van der Waals surface area contributed by atoms with Gasteiger partial charge in [-0.15, -0.1) is 0 Å². The van der Waals surface area contributed by atoms with Crippen molar-refractivity contribution in [1.82, 2.24) is 19.9 Å². The summed E-state index contributed by atoms with van der Waals surface area (Å²) in [7, 11) is 0. The van der Waals surface area contributed by atoms with E-state index < -0.39 is 0 Å². The van der Waals surface area contributed by atoms with Gasteiger partial charge in [-0.05, 0) is 38.2 Å². The van der Waals surface area contributed by atoms with Crippen molar-refractivity contribution in [3.8, 4) is 0 Å². The normalized spacial score (nSPS) is 11.3. The summed E-state index contributed by atoms with van der Waals surface area (Å²) in [6, 6.07) is 1.47. The number of fused-ring (bicyclic) bond motifs is 1. The molecule has 0 fully saturated rings. The third-order valence-electron chi connectivity index (χ3n) is 3.85. The summed E-state index contributed by atoms with van der Waals surface area (Å²) in [4.78, 5) is 27.7. The van der Waals surface area contributed by atoms with Crippen LogP contribution in [-0.4, -0.2) is 27.0 Å². The maximum atomic E-state index is 11.9. The lowest BCUT2D eigenvalue weighted by Gasteiger charge is -2.12. The van der Waals surface area contributed by atoms with Gasteiger partial charge in [0.25, 0.3) is 5.56 Å². The van der Waals surface area contributed by atoms with E-state index in [9.17, 15) is 9.59 Å². The van der Waals surface area contributed by atoms with Gasteiger partial charge in [-0.3, -0.25) is 14.7 Å². The number of aromatic nitrogens is 3. The molecule has 2 rings (SSSR count). The van der Waals surface area contributed by atoms with Crippen molar-refractivity contribution in [3.63, 3.8) is 0 Å². The van der Waals surface area contributed by atoms with Crippen LogP contribution in [0.25, 0.3) is 5.65 Å². The molecule has 1 amide bonds. The van der Waals surface area contributed by atoms with Crippen LogP contribution in [0.2, 0.25) is 0 Å². The monoisotopic (exact) mass is 304 g/mol. The first-order chi connectivity index (χ1) is 10.4. The summed E-state index contributed by atoms with van der Waals surface area (Å²) >= 11 is 0. The molecule has 0 bridgehead atoms. The quantitative estimate of drug-likeness (QED) is 0.853. The summed E-state index contributed by atoms with van der Waals surface area (Å²) in [5.74, 6) is 0.641. The number of hydrogen-bond donors (Lipinski definition) is 2. The molecule has 120 valence electrons. The summed E-state index contributed by atoms with van der Waals surface area (Å²) < 4.78 is 1.68. The van der Waals surface area contributed by atoms with E-state index in [0.717, 1.165) is 29.9 Å². The minimum Gasteiger partial charge on any atom is -0.356 e. The van der Waals surface area contributed by atoms with Crippen molar-refractivity contribution in [2.75, 3.05) is 6.54 Å². The minimum atomic E-state index is -0.168. The highest BCUT2D eigenvalue weighted by atomic mass is 16.1. The van der Waals surface area contributed by atoms with Gasteiger partial charge in [0.05, 0.1) is 0 Å². The Labute approximate surface area is 129 Å². The van der Waals surface area contributed by atoms with E-state index in [1.54, 1.807) is 4.52 Å². The summed E-state index contributed by atoms with van der Waals surface area (Å²) in [5, 5.41) is 5.67. The Balaban J connectivity index is 2.05. The van der Waals surface area contributed by atoms with Gasteiger partial charge in [0.2, 0.25) is 5.91 Å². The number of carbonyl (C=O) groups excluding carboxylic acids is 1. The lowest BCUT2D eigenvalue weighted by molar-refractivity contribution is -0.121. The number of rotatable bonds is 6. The summed E-state index contributed by atoms with van der Waals surface area (Å²) in [6.07, 6.45) is 2.04. The van der Waals surface area contributed by atoms with E-state index in [1.165, 1.54) is 6.07 Å². The molecule has 0 aliphatic rings. The van der Waals surface area contributed by atoms with Crippen molar-refractivity contribution in [2.24, 2.45) is 5.92 Å². The SMILES string of the molecule is Cc1nc2cc(=O)[nH]n2c(C)c1CCC(=O)NCCC(C)C. The fourth-order valence-electron chi connectivity index (χ4n) is 2.54. The molecule has 0 aromatic carbocycles. The molecule has 6 nitrogen and oxygen atoms in total. The second-order valence-corrected chi connectivity index (χ2v) is 6.11. The predicted octanol–water partition coefficient (Wildman–Crippen LogP) is 1.73. The third kappa shape index (κ3) is 3.75. The van der Waals surface area contributed by atoms with E-state index in [-0.39, 0.29) is 11.5 Å². The zero-order chi connectivity index (χ0) is 16.3. The van der Waals surface area contributed by atoms with Crippen LogP contribution in [0.1, 0.15) is 43.6 Å². The number of aryl methyl sites for hydroxylation is 2. The molecule has 0 atom stereocenters. The zero-order valence-corrected chi connectivity index (χ0v) is 13.7. The Morgan fingerprint density at radius 3 is 2.82 bits per heavy atom. The highest BCUT2D eigenvalue weighted by Crippen LogP contribution is 2.15. The minimum absolute atomic E-state index is 0.0561. The second kappa shape index (κ2) is 6.77. The molecule has 6 heteroatoms. The van der Waals surface area contributed by atoms with Crippen molar-refractivity contribution in [3.05, 3.63) is 33.4 Å². The maximum absolute atomic E-state index is 11.9. The van der Waals surface area contributed by atoms with Gasteiger partial charge in [-0.2, -0.15) is 0 Å². The molecule has 0 radical (unpaired) electrons. The Hall–Kier alpha value is -2.11. The lowest BCUT2D eigenvalue weighted by Crippen LogP contribution is -2.25. The standard InChI is InChI=1S/C16H24N4O2/c1-10(2)7-8-17-15(21)6-5-13-11(3)18-14-9-16(22)19-20(14)12(13)4/h9-10H,5-8H2,1-4H3,(H,17,21)(H,19,22). The summed E-state index contributed by atoms with van der Waals surface area (Å²) in [5.41, 5.74) is 3.26. The number of nitrogens with zero attached hydrogens (tertiary/aromatic N) is 2. The maximum Gasteiger partial charge on any atom is 0.266 e. The first-order valence-electron chi connectivity index (χ1n) is 7.73. The fraction of sp³-hybridized carbons (Fsp3) is 0.562. The van der Waals surface area contributed by atoms with Crippen LogP contribution in [-0.2, 0) is 11.2 Å². The molecule has 0 aliphatic heterocycles. The van der Waals surface area contributed by atoms with Gasteiger partial charge in [-0.25, -0.2) is 9.50 Å². The van der Waals surface area contributed by atoms with Gasteiger partial charge in [0.1, 0.15) is 0 Å². The highest BCUT2D eigenvalue weighted by molar-refractivity contribution is 5.76. The molecule has 2 N–H and O–H groups in total. The van der Waals surface area contributed by atoms with Crippen LogP contribution < -0.4 is 10.9 Å². The molecule has 2 aromatic rings. The molecular formula is C16H24N4O2. The molecule has 0 spiro atoms. The van der Waals surface area contributed by atoms with Crippen molar-refractivity contribution < 1.29 is 4.79 Å². The van der Waals surface area contributed by atoms with Crippen LogP contribution in [0, 0.1) is 19.8 Å². The van der Waals surface area contributed by atoms with E-state index in [4.69, 9.17) is 0 Å². The molecule has 2 aromatic heterocycles.